The van der Waals surface area contributed by atoms with E-state index in [0.29, 0.717) is 17.6 Å². The van der Waals surface area contributed by atoms with Gasteiger partial charge in [-0.25, -0.2) is 0 Å². The van der Waals surface area contributed by atoms with Crippen LogP contribution < -0.4 is 5.73 Å². The van der Waals surface area contributed by atoms with Crippen molar-refractivity contribution >= 4 is 11.7 Å². The van der Waals surface area contributed by atoms with Crippen molar-refractivity contribution in [1.29, 1.82) is 0 Å². The molecule has 1 saturated heterocycles. The maximum atomic E-state index is 12.3. The van der Waals surface area contributed by atoms with E-state index >= 15 is 0 Å². The van der Waals surface area contributed by atoms with Gasteiger partial charge in [0.2, 0.25) is 0 Å². The summed E-state index contributed by atoms with van der Waals surface area (Å²) in [5.41, 5.74) is 6.17. The number of rotatable bonds is 2. The number of anilines is 1. The first kappa shape index (κ1) is 12.0. The minimum Gasteiger partial charge on any atom is -0.384 e. The molecule has 1 atom stereocenters. The summed E-state index contributed by atoms with van der Waals surface area (Å²) in [6, 6.07) is 2.02. The van der Waals surface area contributed by atoms with Crippen LogP contribution in [-0.2, 0) is 7.05 Å². The second-order valence-electron chi connectivity index (χ2n) is 4.63. The third-order valence-electron chi connectivity index (χ3n) is 3.49. The molecular formula is C12H20N4O. The fourth-order valence-corrected chi connectivity index (χ4v) is 2.43. The van der Waals surface area contributed by atoms with Crippen molar-refractivity contribution in [3.05, 3.63) is 11.8 Å². The van der Waals surface area contributed by atoms with E-state index in [1.165, 1.54) is 11.1 Å². The fraction of sp³-hybridized carbons (Fsp3) is 0.667. The van der Waals surface area contributed by atoms with Crippen LogP contribution in [0, 0.1) is 0 Å². The highest BCUT2D eigenvalue weighted by atomic mass is 16.2. The highest BCUT2D eigenvalue weighted by Gasteiger charge is 2.27. The lowest BCUT2D eigenvalue weighted by atomic mass is 9.99. The minimum absolute atomic E-state index is 0.0175. The first-order valence-electron chi connectivity index (χ1n) is 6.24. The van der Waals surface area contributed by atoms with Crippen molar-refractivity contribution in [3.8, 4) is 0 Å². The van der Waals surface area contributed by atoms with Crippen LogP contribution in [0.15, 0.2) is 6.07 Å². The lowest BCUT2D eigenvalue weighted by Crippen LogP contribution is -2.43. The second kappa shape index (κ2) is 4.77. The summed E-state index contributed by atoms with van der Waals surface area (Å²) < 4.78 is 1.54. The van der Waals surface area contributed by atoms with Crippen LogP contribution in [0.1, 0.15) is 43.1 Å². The summed E-state index contributed by atoms with van der Waals surface area (Å²) >= 11 is 0. The summed E-state index contributed by atoms with van der Waals surface area (Å²) in [4.78, 5) is 14.3. The minimum atomic E-state index is 0.0175. The summed E-state index contributed by atoms with van der Waals surface area (Å²) in [5.74, 6) is 0.544. The highest BCUT2D eigenvalue weighted by molar-refractivity contribution is 5.93. The van der Waals surface area contributed by atoms with Crippen LogP contribution in [0.5, 0.6) is 0 Å². The predicted molar refractivity (Wildman–Crippen MR) is 66.6 cm³/mol. The Hall–Kier alpha value is -1.52. The Morgan fingerprint density at radius 2 is 2.35 bits per heavy atom. The lowest BCUT2D eigenvalue weighted by molar-refractivity contribution is 0.0601. The number of aromatic nitrogens is 2. The number of likely N-dealkylation sites (tertiary alicyclic amines) is 1. The fourth-order valence-electron chi connectivity index (χ4n) is 2.43. The number of nitrogen functional groups attached to an aromatic ring is 1. The number of hydrogen-bond acceptors (Lipinski definition) is 3. The standard InChI is InChI=1S/C12H20N4O/c1-3-9-6-4-5-7-16(9)12(17)10-8-11(13)15(2)14-10/h8-9H,3-7,13H2,1-2H3. The van der Waals surface area contributed by atoms with Crippen molar-refractivity contribution < 1.29 is 4.79 Å². The molecule has 1 amide bonds. The number of nitrogens with two attached hydrogens (primary N) is 1. The molecule has 0 aromatic carbocycles. The zero-order valence-corrected chi connectivity index (χ0v) is 10.5. The molecule has 5 heteroatoms. The smallest absolute Gasteiger partial charge is 0.274 e. The molecule has 1 fully saturated rings. The van der Waals surface area contributed by atoms with Gasteiger partial charge in [-0.3, -0.25) is 9.48 Å². The lowest BCUT2D eigenvalue weighted by Gasteiger charge is -2.34. The average molecular weight is 236 g/mol. The number of carbonyl (C=O) groups excluding carboxylic acids is 1. The molecule has 2 rings (SSSR count). The van der Waals surface area contributed by atoms with Gasteiger partial charge in [-0.05, 0) is 25.7 Å². The highest BCUT2D eigenvalue weighted by Crippen LogP contribution is 2.21. The molecule has 1 aromatic rings. The molecular weight excluding hydrogens is 216 g/mol. The Labute approximate surface area is 102 Å². The Morgan fingerprint density at radius 3 is 2.94 bits per heavy atom. The van der Waals surface area contributed by atoms with Gasteiger partial charge in [-0.1, -0.05) is 6.92 Å². The molecule has 0 spiro atoms. The van der Waals surface area contributed by atoms with E-state index in [9.17, 15) is 4.79 Å². The van der Waals surface area contributed by atoms with Crippen molar-refractivity contribution in [2.45, 2.75) is 38.6 Å². The molecule has 17 heavy (non-hydrogen) atoms. The van der Waals surface area contributed by atoms with Crippen molar-refractivity contribution in [2.75, 3.05) is 12.3 Å². The number of amides is 1. The molecule has 1 unspecified atom stereocenters. The Bertz CT molecular complexity index is 393. The van der Waals surface area contributed by atoms with Gasteiger partial charge in [0.05, 0.1) is 0 Å². The molecule has 94 valence electrons. The van der Waals surface area contributed by atoms with Crippen molar-refractivity contribution in [2.24, 2.45) is 7.05 Å². The van der Waals surface area contributed by atoms with Crippen LogP contribution in [-0.4, -0.2) is 33.2 Å². The van der Waals surface area contributed by atoms with Gasteiger partial charge in [-0.2, -0.15) is 5.10 Å². The number of carbonyl (C=O) groups is 1. The average Bonchev–Trinajstić information content (AvgIpc) is 2.68. The van der Waals surface area contributed by atoms with E-state index in [2.05, 4.69) is 12.0 Å². The molecule has 5 nitrogen and oxygen atoms in total. The van der Waals surface area contributed by atoms with E-state index in [4.69, 9.17) is 5.73 Å². The van der Waals surface area contributed by atoms with E-state index in [0.717, 1.165) is 25.8 Å². The van der Waals surface area contributed by atoms with E-state index in [-0.39, 0.29) is 5.91 Å². The van der Waals surface area contributed by atoms with Gasteiger partial charge in [0.15, 0.2) is 5.69 Å². The van der Waals surface area contributed by atoms with E-state index in [1.54, 1.807) is 13.1 Å². The Balaban J connectivity index is 2.18. The molecule has 2 heterocycles. The zero-order chi connectivity index (χ0) is 12.4. The van der Waals surface area contributed by atoms with Crippen molar-refractivity contribution in [1.82, 2.24) is 14.7 Å². The van der Waals surface area contributed by atoms with Gasteiger partial charge < -0.3 is 10.6 Å². The molecule has 1 aliphatic heterocycles. The monoisotopic (exact) mass is 236 g/mol. The Kier molecular flexibility index (Phi) is 3.36. The molecule has 0 bridgehead atoms. The maximum Gasteiger partial charge on any atom is 0.274 e. The Morgan fingerprint density at radius 1 is 1.59 bits per heavy atom. The number of aryl methyl sites for hydroxylation is 1. The van der Waals surface area contributed by atoms with Gasteiger partial charge in [-0.15, -0.1) is 0 Å². The van der Waals surface area contributed by atoms with Crippen LogP contribution in [0.2, 0.25) is 0 Å². The molecule has 2 N–H and O–H groups in total. The summed E-state index contributed by atoms with van der Waals surface area (Å²) in [7, 11) is 1.75. The first-order chi connectivity index (χ1) is 8.13. The number of nitrogens with zero attached hydrogens (tertiary/aromatic N) is 3. The number of piperidine rings is 1. The van der Waals surface area contributed by atoms with Gasteiger partial charge in [0.1, 0.15) is 5.82 Å². The van der Waals surface area contributed by atoms with Gasteiger partial charge >= 0.3 is 0 Å². The normalized spacial score (nSPS) is 20.6. The first-order valence-corrected chi connectivity index (χ1v) is 6.24. The van der Waals surface area contributed by atoms with Gasteiger partial charge in [0, 0.05) is 25.7 Å². The summed E-state index contributed by atoms with van der Waals surface area (Å²) in [6.45, 7) is 2.97. The van der Waals surface area contributed by atoms with Crippen molar-refractivity contribution in [3.63, 3.8) is 0 Å². The van der Waals surface area contributed by atoms with E-state index < -0.39 is 0 Å². The third kappa shape index (κ3) is 2.28. The number of hydrogen-bond donors (Lipinski definition) is 1. The van der Waals surface area contributed by atoms with Crippen LogP contribution >= 0.6 is 0 Å². The largest absolute Gasteiger partial charge is 0.384 e. The van der Waals surface area contributed by atoms with Crippen LogP contribution in [0.25, 0.3) is 0 Å². The van der Waals surface area contributed by atoms with E-state index in [1.807, 2.05) is 4.90 Å². The molecule has 0 aliphatic carbocycles. The molecule has 0 radical (unpaired) electrons. The summed E-state index contributed by atoms with van der Waals surface area (Å²) in [5, 5.41) is 4.15. The predicted octanol–water partition coefficient (Wildman–Crippen LogP) is 1.41. The summed E-state index contributed by atoms with van der Waals surface area (Å²) in [6.07, 6.45) is 4.41. The molecule has 1 aliphatic rings. The van der Waals surface area contributed by atoms with Gasteiger partial charge in [0.25, 0.3) is 5.91 Å². The quantitative estimate of drug-likeness (QED) is 0.844. The third-order valence-corrected chi connectivity index (χ3v) is 3.49. The van der Waals surface area contributed by atoms with Crippen LogP contribution in [0.4, 0.5) is 5.82 Å². The molecule has 0 saturated carbocycles. The maximum absolute atomic E-state index is 12.3. The second-order valence-corrected chi connectivity index (χ2v) is 4.63. The molecule has 1 aromatic heterocycles. The zero-order valence-electron chi connectivity index (χ0n) is 10.5. The topological polar surface area (TPSA) is 64.2 Å². The SMILES string of the molecule is CCC1CCCCN1C(=O)c1cc(N)n(C)n1. The van der Waals surface area contributed by atoms with Crippen LogP contribution in [0.3, 0.4) is 0 Å².